The zero-order valence-electron chi connectivity index (χ0n) is 13.4. The summed E-state index contributed by atoms with van der Waals surface area (Å²) in [5.41, 5.74) is 2.23. The van der Waals surface area contributed by atoms with Gasteiger partial charge in [-0.05, 0) is 31.2 Å². The Morgan fingerprint density at radius 3 is 2.71 bits per heavy atom. The Balaban J connectivity index is 2.20. The fourth-order valence-corrected chi connectivity index (χ4v) is 3.31. The van der Waals surface area contributed by atoms with E-state index in [0.717, 1.165) is 21.5 Å². The van der Waals surface area contributed by atoms with Gasteiger partial charge in [-0.1, -0.05) is 0 Å². The van der Waals surface area contributed by atoms with Crippen LogP contribution in [0.5, 0.6) is 11.5 Å². The Morgan fingerprint density at radius 1 is 1.29 bits per heavy atom. The van der Waals surface area contributed by atoms with Crippen molar-refractivity contribution in [1.29, 1.82) is 0 Å². The molecule has 3 aromatic rings. The SMILES string of the molecule is COc1ccc(-c2nc3sc(C)cn3c2/C=C/C(=O)O)cc1OC. The molecule has 2 heterocycles. The number of carboxylic acid groups (broad SMARTS) is 1. The Bertz CT molecular complexity index is 940. The van der Waals surface area contributed by atoms with Gasteiger partial charge in [0.15, 0.2) is 16.5 Å². The molecule has 0 aliphatic heterocycles. The van der Waals surface area contributed by atoms with Gasteiger partial charge in [-0.25, -0.2) is 9.78 Å². The van der Waals surface area contributed by atoms with Crippen molar-refractivity contribution in [2.45, 2.75) is 6.92 Å². The van der Waals surface area contributed by atoms with Gasteiger partial charge in [-0.2, -0.15) is 0 Å². The molecule has 0 atom stereocenters. The van der Waals surface area contributed by atoms with Crippen molar-refractivity contribution in [2.24, 2.45) is 0 Å². The highest BCUT2D eigenvalue weighted by Gasteiger charge is 2.16. The number of ether oxygens (including phenoxy) is 2. The Labute approximate surface area is 142 Å². The van der Waals surface area contributed by atoms with Crippen LogP contribution in [0.25, 0.3) is 22.3 Å². The molecule has 2 aromatic heterocycles. The van der Waals surface area contributed by atoms with E-state index in [-0.39, 0.29) is 0 Å². The standard InChI is InChI=1S/C17H16N2O4S/c1-10-9-19-12(5-7-15(20)21)16(18-17(19)24-10)11-4-6-13(22-2)14(8-11)23-3/h4-9H,1-3H3,(H,20,21)/b7-5+. The van der Waals surface area contributed by atoms with Crippen LogP contribution in [0, 0.1) is 6.92 Å². The summed E-state index contributed by atoms with van der Waals surface area (Å²) >= 11 is 1.55. The molecule has 124 valence electrons. The lowest BCUT2D eigenvalue weighted by atomic mass is 10.1. The van der Waals surface area contributed by atoms with Crippen molar-refractivity contribution in [2.75, 3.05) is 14.2 Å². The number of aryl methyl sites for hydroxylation is 1. The zero-order chi connectivity index (χ0) is 17.3. The molecule has 1 N–H and O–H groups in total. The van der Waals surface area contributed by atoms with E-state index in [1.54, 1.807) is 37.7 Å². The molecular formula is C17H16N2O4S. The highest BCUT2D eigenvalue weighted by atomic mass is 32.1. The van der Waals surface area contributed by atoms with Gasteiger partial charge in [-0.3, -0.25) is 4.40 Å². The third-order valence-electron chi connectivity index (χ3n) is 3.52. The molecule has 6 nitrogen and oxygen atoms in total. The summed E-state index contributed by atoms with van der Waals surface area (Å²) in [5, 5.41) is 8.95. The van der Waals surface area contributed by atoms with E-state index in [1.165, 1.54) is 0 Å². The topological polar surface area (TPSA) is 73.1 Å². The fraction of sp³-hybridized carbons (Fsp3) is 0.176. The lowest BCUT2D eigenvalue weighted by molar-refractivity contribution is -0.131. The number of imidazole rings is 1. The summed E-state index contributed by atoms with van der Waals surface area (Å²) < 4.78 is 12.5. The van der Waals surface area contributed by atoms with Crippen molar-refractivity contribution in [3.63, 3.8) is 0 Å². The van der Waals surface area contributed by atoms with E-state index in [1.807, 2.05) is 29.7 Å². The van der Waals surface area contributed by atoms with Gasteiger partial charge in [0.1, 0.15) is 0 Å². The second-order valence-corrected chi connectivity index (χ2v) is 6.29. The Hall–Kier alpha value is -2.80. The van der Waals surface area contributed by atoms with Crippen LogP contribution in [-0.2, 0) is 4.79 Å². The first-order valence-corrected chi connectivity index (χ1v) is 7.97. The van der Waals surface area contributed by atoms with Gasteiger partial charge in [0.25, 0.3) is 0 Å². The van der Waals surface area contributed by atoms with E-state index in [9.17, 15) is 4.79 Å². The maximum atomic E-state index is 10.9. The summed E-state index contributed by atoms with van der Waals surface area (Å²) in [4.78, 5) is 17.5. The number of thiazole rings is 1. The Morgan fingerprint density at radius 2 is 2.04 bits per heavy atom. The number of aromatic nitrogens is 2. The van der Waals surface area contributed by atoms with Gasteiger partial charge in [-0.15, -0.1) is 11.3 Å². The molecule has 0 aliphatic rings. The first-order valence-electron chi connectivity index (χ1n) is 7.15. The van der Waals surface area contributed by atoms with Crippen molar-refractivity contribution >= 4 is 28.3 Å². The molecule has 24 heavy (non-hydrogen) atoms. The fourth-order valence-electron chi connectivity index (χ4n) is 2.48. The minimum absolute atomic E-state index is 0.593. The first-order chi connectivity index (χ1) is 11.5. The van der Waals surface area contributed by atoms with E-state index in [4.69, 9.17) is 14.6 Å². The third-order valence-corrected chi connectivity index (χ3v) is 4.42. The summed E-state index contributed by atoms with van der Waals surface area (Å²) in [6, 6.07) is 5.51. The van der Waals surface area contributed by atoms with Crippen molar-refractivity contribution in [3.05, 3.63) is 41.0 Å². The van der Waals surface area contributed by atoms with E-state index < -0.39 is 5.97 Å². The summed E-state index contributed by atoms with van der Waals surface area (Å²) in [7, 11) is 3.15. The van der Waals surface area contributed by atoms with Crippen LogP contribution in [0.2, 0.25) is 0 Å². The molecule has 1 aromatic carbocycles. The van der Waals surface area contributed by atoms with Gasteiger partial charge in [0.05, 0.1) is 25.6 Å². The minimum Gasteiger partial charge on any atom is -0.493 e. The quantitative estimate of drug-likeness (QED) is 0.717. The van der Waals surface area contributed by atoms with Crippen LogP contribution >= 0.6 is 11.3 Å². The van der Waals surface area contributed by atoms with Crippen molar-refractivity contribution in [1.82, 2.24) is 9.38 Å². The molecule has 0 amide bonds. The number of hydrogen-bond donors (Lipinski definition) is 1. The maximum absolute atomic E-state index is 10.9. The van der Waals surface area contributed by atoms with Gasteiger partial charge in [0.2, 0.25) is 0 Å². The lowest BCUT2D eigenvalue weighted by Crippen LogP contribution is -1.93. The van der Waals surface area contributed by atoms with Crippen molar-refractivity contribution < 1.29 is 19.4 Å². The molecule has 7 heteroatoms. The molecule has 0 saturated carbocycles. The summed E-state index contributed by atoms with van der Waals surface area (Å²) in [6.07, 6.45) is 4.61. The largest absolute Gasteiger partial charge is 0.493 e. The van der Waals surface area contributed by atoms with Gasteiger partial charge in [0, 0.05) is 22.7 Å². The summed E-state index contributed by atoms with van der Waals surface area (Å²) in [5.74, 6) is 0.214. The lowest BCUT2D eigenvalue weighted by Gasteiger charge is -2.09. The molecule has 3 rings (SSSR count). The molecular weight excluding hydrogens is 328 g/mol. The average molecular weight is 344 g/mol. The van der Waals surface area contributed by atoms with Crippen LogP contribution in [-0.4, -0.2) is 34.7 Å². The van der Waals surface area contributed by atoms with Crippen LogP contribution in [0.1, 0.15) is 10.6 Å². The Kier molecular flexibility index (Phi) is 4.26. The number of carboxylic acids is 1. The number of carbonyl (C=O) groups is 1. The number of nitrogens with zero attached hydrogens (tertiary/aromatic N) is 2. The monoisotopic (exact) mass is 344 g/mol. The zero-order valence-corrected chi connectivity index (χ0v) is 14.3. The number of methoxy groups -OCH3 is 2. The maximum Gasteiger partial charge on any atom is 0.328 e. The van der Waals surface area contributed by atoms with Crippen molar-refractivity contribution in [3.8, 4) is 22.8 Å². The molecule has 0 unspecified atom stereocenters. The molecule has 0 radical (unpaired) electrons. The number of rotatable bonds is 5. The van der Waals surface area contributed by atoms with Gasteiger partial charge >= 0.3 is 5.97 Å². The normalized spacial score (nSPS) is 11.3. The molecule has 0 bridgehead atoms. The first kappa shape index (κ1) is 16.1. The van der Waals surface area contributed by atoms with E-state index in [2.05, 4.69) is 4.98 Å². The predicted molar refractivity (Wildman–Crippen MR) is 93.0 cm³/mol. The molecule has 0 spiro atoms. The number of aliphatic carboxylic acids is 1. The third kappa shape index (κ3) is 2.85. The van der Waals surface area contributed by atoms with Gasteiger partial charge < -0.3 is 14.6 Å². The minimum atomic E-state index is -1.00. The number of hydrogen-bond acceptors (Lipinski definition) is 5. The highest BCUT2D eigenvalue weighted by Crippen LogP contribution is 2.35. The average Bonchev–Trinajstić information content (AvgIpc) is 3.08. The van der Waals surface area contributed by atoms with E-state index in [0.29, 0.717) is 22.9 Å². The van der Waals surface area contributed by atoms with Crippen LogP contribution in [0.4, 0.5) is 0 Å². The number of fused-ring (bicyclic) bond motifs is 1. The molecule has 0 saturated heterocycles. The number of benzene rings is 1. The summed E-state index contributed by atoms with van der Waals surface area (Å²) in [6.45, 7) is 1.99. The molecule has 0 fully saturated rings. The van der Waals surface area contributed by atoms with Crippen LogP contribution in [0.15, 0.2) is 30.5 Å². The second-order valence-electron chi connectivity index (χ2n) is 5.08. The second kappa shape index (κ2) is 6.37. The van der Waals surface area contributed by atoms with Crippen LogP contribution in [0.3, 0.4) is 0 Å². The smallest absolute Gasteiger partial charge is 0.328 e. The predicted octanol–water partition coefficient (Wildman–Crippen LogP) is 3.49. The van der Waals surface area contributed by atoms with Crippen LogP contribution < -0.4 is 9.47 Å². The molecule has 0 aliphatic carbocycles. The van der Waals surface area contributed by atoms with E-state index >= 15 is 0 Å². The highest BCUT2D eigenvalue weighted by molar-refractivity contribution is 7.17.